The van der Waals surface area contributed by atoms with E-state index in [0.29, 0.717) is 0 Å². The molecule has 1 aliphatic rings. The van der Waals surface area contributed by atoms with E-state index < -0.39 is 0 Å². The van der Waals surface area contributed by atoms with Gasteiger partial charge in [0.05, 0.1) is 6.10 Å². The Bertz CT molecular complexity index is 76.5. The van der Waals surface area contributed by atoms with Gasteiger partial charge in [-0.05, 0) is 19.8 Å². The lowest BCUT2D eigenvalue weighted by Gasteiger charge is -2.38. The van der Waals surface area contributed by atoms with Gasteiger partial charge in [-0.3, -0.25) is 0 Å². The van der Waals surface area contributed by atoms with Crippen molar-refractivity contribution in [2.45, 2.75) is 31.4 Å². The van der Waals surface area contributed by atoms with Crippen LogP contribution < -0.4 is 5.73 Å². The highest BCUT2D eigenvalue weighted by Crippen LogP contribution is 2.28. The highest BCUT2D eigenvalue weighted by atomic mass is 35.5. The van der Waals surface area contributed by atoms with Crippen LogP contribution in [0.2, 0.25) is 0 Å². The molecule has 2 nitrogen and oxygen atoms in total. The summed E-state index contributed by atoms with van der Waals surface area (Å²) < 4.78 is 0. The zero-order valence-electron chi connectivity index (χ0n) is 4.92. The molecule has 0 amide bonds. The van der Waals surface area contributed by atoms with Crippen LogP contribution in [0.25, 0.3) is 0 Å². The average molecular weight is 138 g/mol. The van der Waals surface area contributed by atoms with E-state index in [-0.39, 0.29) is 24.0 Å². The van der Waals surface area contributed by atoms with E-state index in [4.69, 9.17) is 10.8 Å². The average Bonchev–Trinajstić information content (AvgIpc) is 1.27. The summed E-state index contributed by atoms with van der Waals surface area (Å²) in [5.74, 6) is 0. The quantitative estimate of drug-likeness (QED) is 0.504. The third-order valence-corrected chi connectivity index (χ3v) is 1.40. The summed E-state index contributed by atoms with van der Waals surface area (Å²) in [7, 11) is 0. The Balaban J connectivity index is 0.000000490. The van der Waals surface area contributed by atoms with Gasteiger partial charge in [-0.2, -0.15) is 0 Å². The third kappa shape index (κ3) is 1.62. The Morgan fingerprint density at radius 3 is 2.00 bits per heavy atom. The summed E-state index contributed by atoms with van der Waals surface area (Å²) in [4.78, 5) is 0. The fourth-order valence-electron chi connectivity index (χ4n) is 1.02. The molecule has 8 heavy (non-hydrogen) atoms. The lowest BCUT2D eigenvalue weighted by Crippen LogP contribution is -2.51. The molecular weight excluding hydrogens is 126 g/mol. The van der Waals surface area contributed by atoms with E-state index in [1.54, 1.807) is 0 Å². The van der Waals surface area contributed by atoms with Crippen LogP contribution in [-0.4, -0.2) is 16.7 Å². The molecule has 1 saturated carbocycles. The molecule has 0 atom stereocenters. The van der Waals surface area contributed by atoms with Gasteiger partial charge in [-0.15, -0.1) is 12.4 Å². The Morgan fingerprint density at radius 2 is 2.00 bits per heavy atom. The van der Waals surface area contributed by atoms with Crippen molar-refractivity contribution in [1.29, 1.82) is 0 Å². The predicted octanol–water partition coefficient (Wildman–Crippen LogP) is 0.280. The second-order valence-electron chi connectivity index (χ2n) is 2.72. The van der Waals surface area contributed by atoms with Gasteiger partial charge in [0, 0.05) is 5.54 Å². The third-order valence-electron chi connectivity index (χ3n) is 1.40. The van der Waals surface area contributed by atoms with Crippen LogP contribution in [0.1, 0.15) is 19.8 Å². The molecular formula is C5H12ClNO. The Morgan fingerprint density at radius 1 is 1.62 bits per heavy atom. The predicted molar refractivity (Wildman–Crippen MR) is 35.1 cm³/mol. The first-order valence-corrected chi connectivity index (χ1v) is 2.57. The molecule has 0 saturated heterocycles. The van der Waals surface area contributed by atoms with Crippen molar-refractivity contribution in [2.24, 2.45) is 5.73 Å². The summed E-state index contributed by atoms with van der Waals surface area (Å²) in [6, 6.07) is 0. The molecule has 0 aromatic heterocycles. The number of aliphatic hydroxyl groups is 1. The van der Waals surface area contributed by atoms with Gasteiger partial charge in [0.2, 0.25) is 0 Å². The van der Waals surface area contributed by atoms with E-state index in [2.05, 4.69) is 0 Å². The number of nitrogens with two attached hydrogens (primary N) is 1. The van der Waals surface area contributed by atoms with Crippen molar-refractivity contribution in [3.63, 3.8) is 0 Å². The monoisotopic (exact) mass is 137 g/mol. The molecule has 0 spiro atoms. The maximum atomic E-state index is 8.70. The maximum Gasteiger partial charge on any atom is 0.0575 e. The van der Waals surface area contributed by atoms with Crippen LogP contribution in [0.15, 0.2) is 0 Å². The van der Waals surface area contributed by atoms with E-state index >= 15 is 0 Å². The first-order chi connectivity index (χ1) is 3.10. The van der Waals surface area contributed by atoms with Gasteiger partial charge >= 0.3 is 0 Å². The van der Waals surface area contributed by atoms with Crippen molar-refractivity contribution < 1.29 is 5.11 Å². The lowest BCUT2D eigenvalue weighted by molar-refractivity contribution is 0.0323. The molecule has 3 heteroatoms. The van der Waals surface area contributed by atoms with Crippen LogP contribution in [0, 0.1) is 0 Å². The Hall–Kier alpha value is 0.210. The normalized spacial score (nSPS) is 44.6. The van der Waals surface area contributed by atoms with Crippen molar-refractivity contribution in [3.05, 3.63) is 0 Å². The molecule has 0 bridgehead atoms. The molecule has 1 fully saturated rings. The zero-order valence-corrected chi connectivity index (χ0v) is 5.74. The number of halogens is 1. The molecule has 3 N–H and O–H groups in total. The number of aliphatic hydroxyl groups excluding tert-OH is 1. The second-order valence-corrected chi connectivity index (χ2v) is 2.72. The highest BCUT2D eigenvalue weighted by Gasteiger charge is 2.34. The summed E-state index contributed by atoms with van der Waals surface area (Å²) in [5.41, 5.74) is 5.50. The second kappa shape index (κ2) is 2.21. The molecule has 1 aliphatic carbocycles. The van der Waals surface area contributed by atoms with E-state index in [1.165, 1.54) is 0 Å². The molecule has 50 valence electrons. The van der Waals surface area contributed by atoms with Crippen LogP contribution in [-0.2, 0) is 0 Å². The van der Waals surface area contributed by atoms with Crippen molar-refractivity contribution >= 4 is 12.4 Å². The molecule has 0 aromatic carbocycles. The van der Waals surface area contributed by atoms with Crippen LogP contribution in [0.5, 0.6) is 0 Å². The molecule has 0 aliphatic heterocycles. The smallest absolute Gasteiger partial charge is 0.0575 e. The minimum atomic E-state index is -0.116. The van der Waals surface area contributed by atoms with Gasteiger partial charge in [0.1, 0.15) is 0 Å². The van der Waals surface area contributed by atoms with Gasteiger partial charge in [0.15, 0.2) is 0 Å². The van der Waals surface area contributed by atoms with Gasteiger partial charge in [0.25, 0.3) is 0 Å². The summed E-state index contributed by atoms with van der Waals surface area (Å²) >= 11 is 0. The molecule has 0 unspecified atom stereocenters. The van der Waals surface area contributed by atoms with E-state index in [0.717, 1.165) is 12.8 Å². The molecule has 0 aromatic rings. The van der Waals surface area contributed by atoms with Gasteiger partial charge in [-0.25, -0.2) is 0 Å². The number of hydrogen-bond donors (Lipinski definition) is 2. The first kappa shape index (κ1) is 8.21. The van der Waals surface area contributed by atoms with Crippen LogP contribution in [0.3, 0.4) is 0 Å². The topological polar surface area (TPSA) is 46.2 Å². The summed E-state index contributed by atoms with van der Waals surface area (Å²) in [5, 5.41) is 8.70. The molecule has 0 radical (unpaired) electrons. The maximum absolute atomic E-state index is 8.70. The highest BCUT2D eigenvalue weighted by molar-refractivity contribution is 5.85. The summed E-state index contributed by atoms with van der Waals surface area (Å²) in [6.45, 7) is 1.96. The van der Waals surface area contributed by atoms with Gasteiger partial charge in [-0.1, -0.05) is 0 Å². The molecule has 0 heterocycles. The lowest BCUT2D eigenvalue weighted by atomic mass is 9.77. The minimum absolute atomic E-state index is 0. The summed E-state index contributed by atoms with van der Waals surface area (Å²) in [6.07, 6.45) is 1.43. The standard InChI is InChI=1S/C5H11NO.ClH/c1-5(6)2-4(7)3-5;/h4,7H,2-3,6H2,1H3;1H/t4-,5+;. The fraction of sp³-hybridized carbons (Fsp3) is 1.00. The van der Waals surface area contributed by atoms with Crippen molar-refractivity contribution in [1.82, 2.24) is 0 Å². The van der Waals surface area contributed by atoms with E-state index in [1.807, 2.05) is 6.92 Å². The zero-order chi connectivity index (χ0) is 5.49. The number of hydrogen-bond acceptors (Lipinski definition) is 2. The SMILES string of the molecule is C[C@]1(N)C[C@@H](O)C1.Cl. The largest absolute Gasteiger partial charge is 0.393 e. The number of rotatable bonds is 0. The fourth-order valence-corrected chi connectivity index (χ4v) is 1.02. The minimum Gasteiger partial charge on any atom is -0.393 e. The van der Waals surface area contributed by atoms with E-state index in [9.17, 15) is 0 Å². The Labute approximate surface area is 55.5 Å². The van der Waals surface area contributed by atoms with Crippen molar-refractivity contribution in [3.8, 4) is 0 Å². The first-order valence-electron chi connectivity index (χ1n) is 2.57. The van der Waals surface area contributed by atoms with Gasteiger partial charge < -0.3 is 10.8 Å². The van der Waals surface area contributed by atoms with Crippen LogP contribution >= 0.6 is 12.4 Å². The molecule has 1 rings (SSSR count). The van der Waals surface area contributed by atoms with Crippen LogP contribution in [0.4, 0.5) is 0 Å². The Kier molecular flexibility index (Phi) is 2.27. The van der Waals surface area contributed by atoms with Crippen molar-refractivity contribution in [2.75, 3.05) is 0 Å².